The number of hydrogen-bond acceptors (Lipinski definition) is 4. The van der Waals surface area contributed by atoms with Crippen LogP contribution in [0.4, 0.5) is 13.2 Å². The molecule has 21 heavy (non-hydrogen) atoms. The Labute approximate surface area is 120 Å². The minimum atomic E-state index is -4.22. The highest BCUT2D eigenvalue weighted by molar-refractivity contribution is 5.51. The zero-order valence-electron chi connectivity index (χ0n) is 11.3. The molecule has 7 heteroatoms. The Balaban J connectivity index is 1.69. The topological polar surface area (TPSA) is 39.7 Å². The number of hydrogen-bond donors (Lipinski definition) is 1. The minimum absolute atomic E-state index is 0.122. The van der Waals surface area contributed by atoms with Crippen LogP contribution in [0.25, 0.3) is 0 Å². The highest BCUT2D eigenvalue weighted by Gasteiger charge is 2.28. The van der Waals surface area contributed by atoms with E-state index >= 15 is 0 Å². The Morgan fingerprint density at radius 3 is 2.57 bits per heavy atom. The van der Waals surface area contributed by atoms with E-state index in [9.17, 15) is 13.2 Å². The molecular formula is C14H16F3NO3. The molecule has 0 amide bonds. The molecule has 1 N–H and O–H groups in total. The van der Waals surface area contributed by atoms with Gasteiger partial charge in [0.25, 0.3) is 0 Å². The average Bonchev–Trinajstić information content (AvgIpc) is 3.12. The maximum atomic E-state index is 12.2. The van der Waals surface area contributed by atoms with E-state index in [1.807, 2.05) is 0 Å². The molecule has 1 aromatic carbocycles. The molecule has 1 aromatic rings. The van der Waals surface area contributed by atoms with Crippen molar-refractivity contribution < 1.29 is 27.4 Å². The highest BCUT2D eigenvalue weighted by Crippen LogP contribution is 2.38. The van der Waals surface area contributed by atoms with Gasteiger partial charge in [-0.15, -0.1) is 0 Å². The summed E-state index contributed by atoms with van der Waals surface area (Å²) in [7, 11) is 0. The van der Waals surface area contributed by atoms with Gasteiger partial charge in [0.05, 0.1) is 13.0 Å². The van der Waals surface area contributed by atoms with Crippen molar-refractivity contribution >= 4 is 0 Å². The van der Waals surface area contributed by atoms with Gasteiger partial charge in [0.15, 0.2) is 11.5 Å². The van der Waals surface area contributed by atoms with Gasteiger partial charge in [-0.1, -0.05) is 0 Å². The van der Waals surface area contributed by atoms with Crippen molar-refractivity contribution in [3.05, 3.63) is 17.7 Å². The summed E-state index contributed by atoms with van der Waals surface area (Å²) >= 11 is 0. The van der Waals surface area contributed by atoms with Crippen LogP contribution in [0.1, 0.15) is 24.8 Å². The van der Waals surface area contributed by atoms with Crippen LogP contribution in [-0.2, 0) is 6.54 Å². The fourth-order valence-corrected chi connectivity index (χ4v) is 2.06. The third-order valence-corrected chi connectivity index (χ3v) is 3.36. The summed E-state index contributed by atoms with van der Waals surface area (Å²) in [5.74, 6) is 1.52. The highest BCUT2D eigenvalue weighted by atomic mass is 19.4. The number of nitrogens with one attached hydrogen (secondary N) is 1. The van der Waals surface area contributed by atoms with Gasteiger partial charge in [0, 0.05) is 24.2 Å². The Bertz CT molecular complexity index is 515. The maximum Gasteiger partial charge on any atom is 0.392 e. The number of benzene rings is 1. The SMILES string of the molecule is FC(F)(F)CCOc1cc2c(cc1CNC1CC1)OCO2. The van der Waals surface area contributed by atoms with Crippen LogP contribution in [0.15, 0.2) is 12.1 Å². The van der Waals surface area contributed by atoms with E-state index in [0.717, 1.165) is 18.4 Å². The lowest BCUT2D eigenvalue weighted by molar-refractivity contribution is -0.139. The average molecular weight is 303 g/mol. The van der Waals surface area contributed by atoms with Crippen LogP contribution in [0.5, 0.6) is 17.2 Å². The molecule has 0 bridgehead atoms. The second-order valence-corrected chi connectivity index (χ2v) is 5.18. The normalized spacial score (nSPS) is 17.1. The first kappa shape index (κ1) is 14.3. The number of ether oxygens (including phenoxy) is 3. The Hall–Kier alpha value is -1.63. The summed E-state index contributed by atoms with van der Waals surface area (Å²) in [5.41, 5.74) is 0.785. The summed E-state index contributed by atoms with van der Waals surface area (Å²) in [4.78, 5) is 0. The summed E-state index contributed by atoms with van der Waals surface area (Å²) < 4.78 is 52.4. The number of rotatable bonds is 6. The molecule has 2 aliphatic rings. The van der Waals surface area contributed by atoms with E-state index in [-0.39, 0.29) is 6.79 Å². The van der Waals surface area contributed by atoms with Crippen LogP contribution in [0.2, 0.25) is 0 Å². The molecule has 0 atom stereocenters. The molecule has 1 fully saturated rings. The first-order valence-electron chi connectivity index (χ1n) is 6.87. The third-order valence-electron chi connectivity index (χ3n) is 3.36. The monoisotopic (exact) mass is 303 g/mol. The van der Waals surface area contributed by atoms with E-state index in [0.29, 0.717) is 29.8 Å². The Morgan fingerprint density at radius 2 is 1.90 bits per heavy atom. The summed E-state index contributed by atoms with van der Waals surface area (Å²) in [5, 5.41) is 3.31. The maximum absolute atomic E-state index is 12.2. The zero-order valence-corrected chi connectivity index (χ0v) is 11.3. The molecule has 0 aromatic heterocycles. The quantitative estimate of drug-likeness (QED) is 0.877. The lowest BCUT2D eigenvalue weighted by Gasteiger charge is -2.14. The molecule has 1 aliphatic heterocycles. The van der Waals surface area contributed by atoms with Gasteiger partial charge in [0.1, 0.15) is 5.75 Å². The smallest absolute Gasteiger partial charge is 0.392 e. The van der Waals surface area contributed by atoms with Crippen molar-refractivity contribution in [2.24, 2.45) is 0 Å². The molecule has 116 valence electrons. The van der Waals surface area contributed by atoms with E-state index in [2.05, 4.69) is 5.32 Å². The van der Waals surface area contributed by atoms with E-state index in [1.165, 1.54) is 0 Å². The van der Waals surface area contributed by atoms with Gasteiger partial charge in [-0.2, -0.15) is 13.2 Å². The lowest BCUT2D eigenvalue weighted by atomic mass is 10.1. The van der Waals surface area contributed by atoms with Crippen molar-refractivity contribution in [2.45, 2.75) is 38.0 Å². The van der Waals surface area contributed by atoms with Crippen LogP contribution < -0.4 is 19.5 Å². The van der Waals surface area contributed by atoms with Gasteiger partial charge >= 0.3 is 6.18 Å². The molecule has 4 nitrogen and oxygen atoms in total. The first-order valence-corrected chi connectivity index (χ1v) is 6.87. The van der Waals surface area contributed by atoms with Gasteiger partial charge in [-0.25, -0.2) is 0 Å². The summed E-state index contributed by atoms with van der Waals surface area (Å²) in [6.45, 7) is 0.263. The number of halogens is 3. The fraction of sp³-hybridized carbons (Fsp3) is 0.571. The second kappa shape index (κ2) is 5.63. The van der Waals surface area contributed by atoms with Crippen molar-refractivity contribution in [1.82, 2.24) is 5.32 Å². The van der Waals surface area contributed by atoms with Crippen molar-refractivity contribution in [3.8, 4) is 17.2 Å². The van der Waals surface area contributed by atoms with Crippen LogP contribution >= 0.6 is 0 Å². The van der Waals surface area contributed by atoms with Crippen molar-refractivity contribution in [1.29, 1.82) is 0 Å². The molecule has 0 radical (unpaired) electrons. The summed E-state index contributed by atoms with van der Waals surface area (Å²) in [6.07, 6.45) is -2.93. The Kier molecular flexibility index (Phi) is 3.84. The third kappa shape index (κ3) is 3.93. The van der Waals surface area contributed by atoms with E-state index in [1.54, 1.807) is 12.1 Å². The van der Waals surface area contributed by atoms with Crippen molar-refractivity contribution in [2.75, 3.05) is 13.4 Å². The second-order valence-electron chi connectivity index (χ2n) is 5.18. The van der Waals surface area contributed by atoms with Crippen LogP contribution in [0, 0.1) is 0 Å². The van der Waals surface area contributed by atoms with Gasteiger partial charge in [-0.3, -0.25) is 0 Å². The molecule has 0 spiro atoms. The number of alkyl halides is 3. The minimum Gasteiger partial charge on any atom is -0.493 e. The molecule has 3 rings (SSSR count). The molecule has 0 unspecified atom stereocenters. The molecule has 1 saturated carbocycles. The van der Waals surface area contributed by atoms with Gasteiger partial charge in [-0.05, 0) is 18.9 Å². The van der Waals surface area contributed by atoms with Gasteiger partial charge in [0.2, 0.25) is 6.79 Å². The lowest BCUT2D eigenvalue weighted by Crippen LogP contribution is -2.17. The predicted octanol–water partition coefficient (Wildman–Crippen LogP) is 3.00. The molecular weight excluding hydrogens is 287 g/mol. The standard InChI is InChI=1S/C14H16F3NO3/c15-14(16,17)3-4-19-11-6-13-12(20-8-21-13)5-9(11)7-18-10-1-2-10/h5-6,10,18H,1-4,7-8H2. The Morgan fingerprint density at radius 1 is 1.19 bits per heavy atom. The van der Waals surface area contributed by atoms with Gasteiger partial charge < -0.3 is 19.5 Å². The van der Waals surface area contributed by atoms with Crippen LogP contribution in [0.3, 0.4) is 0 Å². The molecule has 0 saturated heterocycles. The molecule has 1 aliphatic carbocycles. The number of fused-ring (bicyclic) bond motifs is 1. The fourth-order valence-electron chi connectivity index (χ4n) is 2.06. The van der Waals surface area contributed by atoms with Crippen molar-refractivity contribution in [3.63, 3.8) is 0 Å². The van der Waals surface area contributed by atoms with Crippen LogP contribution in [-0.4, -0.2) is 25.6 Å². The van der Waals surface area contributed by atoms with E-state index in [4.69, 9.17) is 14.2 Å². The summed E-state index contributed by atoms with van der Waals surface area (Å²) in [6, 6.07) is 3.86. The zero-order chi connectivity index (χ0) is 14.9. The predicted molar refractivity (Wildman–Crippen MR) is 68.6 cm³/mol. The van der Waals surface area contributed by atoms with E-state index < -0.39 is 19.2 Å². The first-order chi connectivity index (χ1) is 10.0. The molecule has 1 heterocycles. The largest absolute Gasteiger partial charge is 0.493 e.